The number of nitrogens with one attached hydrogen (secondary N) is 2. The lowest BCUT2D eigenvalue weighted by Crippen LogP contribution is -2.54. The number of aliphatic hydroxyl groups excluding tert-OH is 1. The van der Waals surface area contributed by atoms with Gasteiger partial charge in [0.2, 0.25) is 5.91 Å². The number of fused-ring (bicyclic) bond motifs is 1. The summed E-state index contributed by atoms with van der Waals surface area (Å²) in [6.45, 7) is 5.88. The molecule has 372 valence electrons. The largest absolute Gasteiger partial charge is 0.494 e. The fourth-order valence-electron chi connectivity index (χ4n) is 9.07. The highest BCUT2D eigenvalue weighted by Gasteiger charge is 2.32. The zero-order valence-electron chi connectivity index (χ0n) is 39.3. The van der Waals surface area contributed by atoms with E-state index in [4.69, 9.17) is 56.9 Å². The third kappa shape index (κ3) is 14.6. The number of ether oxygens (including phenoxy) is 1. The molecule has 5 N–H and O–H groups in total. The third-order valence-corrected chi connectivity index (χ3v) is 14.4. The number of likely N-dealkylation sites (tertiary alicyclic amines) is 2. The van der Waals surface area contributed by atoms with E-state index in [0.29, 0.717) is 67.8 Å². The number of aliphatic hydroxyl groups is 1. The van der Waals surface area contributed by atoms with Crippen LogP contribution in [0.25, 0.3) is 12.2 Å². The number of aromatic nitrogens is 2. The van der Waals surface area contributed by atoms with Crippen LogP contribution in [0.3, 0.4) is 0 Å². The second-order valence-corrected chi connectivity index (χ2v) is 20.1. The van der Waals surface area contributed by atoms with Crippen LogP contribution in [0.1, 0.15) is 64.0 Å². The minimum atomic E-state index is -0.848. The van der Waals surface area contributed by atoms with E-state index in [1.807, 2.05) is 30.3 Å². The lowest BCUT2D eigenvalue weighted by molar-refractivity contribution is -0.132. The minimum Gasteiger partial charge on any atom is -0.494 e. The molecule has 1 unspecified atom stereocenters. The van der Waals surface area contributed by atoms with E-state index in [1.54, 1.807) is 59.5 Å². The Balaban J connectivity index is 0.709. The first kappa shape index (κ1) is 52.0. The van der Waals surface area contributed by atoms with Gasteiger partial charge in [-0.15, -0.1) is 0 Å². The van der Waals surface area contributed by atoms with Crippen LogP contribution < -0.4 is 21.1 Å². The van der Waals surface area contributed by atoms with Gasteiger partial charge in [-0.05, 0) is 109 Å². The first-order valence-corrected chi connectivity index (χ1v) is 25.5. The minimum absolute atomic E-state index is 0.0771. The molecule has 4 heterocycles. The first-order chi connectivity index (χ1) is 34.3. The van der Waals surface area contributed by atoms with Crippen LogP contribution in [0.4, 0.5) is 5.82 Å². The molecule has 0 bridgehead atoms. The van der Waals surface area contributed by atoms with Crippen molar-refractivity contribution in [1.29, 1.82) is 0 Å². The van der Waals surface area contributed by atoms with Gasteiger partial charge in [-0.25, -0.2) is 9.97 Å². The zero-order chi connectivity index (χ0) is 49.9. The van der Waals surface area contributed by atoms with Gasteiger partial charge >= 0.3 is 0 Å². The molecule has 0 spiro atoms. The quantitative estimate of drug-likeness (QED) is 0.0437. The third-order valence-electron chi connectivity index (χ3n) is 12.9. The number of hydrogen-bond donors (Lipinski definition) is 4. The SMILES string of the molecule is NC(Cc1ccc(OCCCCCCN2CC(Nc3cc(C(=O)NC[C@H](O)CN4CCc5ccccc5C4)ncn3)C2)cc1)C(=O)N1C/C(=C\c2ccc(Cl)c(Cl)c2)C(=O)/C(=C/c2ccc(Cl)c(Cl)c2)C1. The van der Waals surface area contributed by atoms with E-state index >= 15 is 0 Å². The number of rotatable bonds is 20. The maximum absolute atomic E-state index is 13.9. The Morgan fingerprint density at radius 3 is 2.13 bits per heavy atom. The molecular formula is C54H58Cl4N8O5. The summed E-state index contributed by atoms with van der Waals surface area (Å²) in [4.78, 5) is 55.2. The van der Waals surface area contributed by atoms with E-state index in [2.05, 4.69) is 48.6 Å². The van der Waals surface area contributed by atoms with Gasteiger partial charge in [0, 0.05) is 69.6 Å². The topological polar surface area (TPSA) is 166 Å². The van der Waals surface area contributed by atoms with Crippen LogP contribution in [-0.2, 0) is 29.0 Å². The molecule has 3 aliphatic heterocycles. The Hall–Kier alpha value is -5.35. The number of nitrogens with zero attached hydrogens (tertiary/aromatic N) is 5. The molecule has 17 heteroatoms. The van der Waals surface area contributed by atoms with Crippen molar-refractivity contribution in [1.82, 2.24) is 30.0 Å². The molecule has 0 saturated carbocycles. The summed E-state index contributed by atoms with van der Waals surface area (Å²) in [5, 5.41) is 18.4. The predicted molar refractivity (Wildman–Crippen MR) is 282 cm³/mol. The van der Waals surface area contributed by atoms with Crippen LogP contribution in [0.15, 0.2) is 108 Å². The van der Waals surface area contributed by atoms with Gasteiger partial charge < -0.3 is 31.1 Å². The second kappa shape index (κ2) is 24.9. The van der Waals surface area contributed by atoms with Crippen molar-refractivity contribution in [3.05, 3.63) is 162 Å². The number of halogens is 4. The molecule has 4 aromatic carbocycles. The van der Waals surface area contributed by atoms with Gasteiger partial charge in [0.05, 0.1) is 44.9 Å². The summed E-state index contributed by atoms with van der Waals surface area (Å²) in [6, 6.07) is 27.3. The number of unbranched alkanes of at least 4 members (excludes halogenated alkanes) is 3. The molecule has 0 aliphatic carbocycles. The molecule has 2 saturated heterocycles. The molecule has 3 aliphatic rings. The number of Topliss-reactive ketones (excluding diaryl/α,β-unsaturated/α-hetero) is 1. The number of hydrogen-bond acceptors (Lipinski definition) is 11. The molecular weight excluding hydrogens is 982 g/mol. The first-order valence-electron chi connectivity index (χ1n) is 24.0. The number of nitrogens with two attached hydrogens (primary N) is 1. The van der Waals surface area contributed by atoms with Crippen molar-refractivity contribution in [3.63, 3.8) is 0 Å². The highest BCUT2D eigenvalue weighted by atomic mass is 35.5. The van der Waals surface area contributed by atoms with Crippen molar-refractivity contribution in [2.24, 2.45) is 5.73 Å². The molecule has 13 nitrogen and oxygen atoms in total. The van der Waals surface area contributed by atoms with E-state index in [0.717, 1.165) is 76.1 Å². The summed E-state index contributed by atoms with van der Waals surface area (Å²) >= 11 is 24.8. The van der Waals surface area contributed by atoms with Crippen molar-refractivity contribution >= 4 is 82.0 Å². The molecule has 2 fully saturated rings. The fraction of sp³-hybridized carbons (Fsp3) is 0.352. The zero-order valence-corrected chi connectivity index (χ0v) is 42.4. The summed E-state index contributed by atoms with van der Waals surface area (Å²) < 4.78 is 6.03. The fourth-order valence-corrected chi connectivity index (χ4v) is 9.68. The maximum atomic E-state index is 13.9. The van der Waals surface area contributed by atoms with Crippen molar-refractivity contribution < 1.29 is 24.2 Å². The van der Waals surface area contributed by atoms with Crippen LogP contribution in [0, 0.1) is 0 Å². The van der Waals surface area contributed by atoms with Gasteiger partial charge in [-0.1, -0.05) is 108 Å². The van der Waals surface area contributed by atoms with Gasteiger partial charge in [0.1, 0.15) is 23.6 Å². The van der Waals surface area contributed by atoms with Crippen LogP contribution >= 0.6 is 46.4 Å². The molecule has 2 atom stereocenters. The van der Waals surface area contributed by atoms with E-state index in [-0.39, 0.29) is 49.0 Å². The summed E-state index contributed by atoms with van der Waals surface area (Å²) in [7, 11) is 0. The number of ketones is 1. The van der Waals surface area contributed by atoms with E-state index < -0.39 is 12.1 Å². The van der Waals surface area contributed by atoms with Gasteiger partial charge in [0.25, 0.3) is 5.91 Å². The Bertz CT molecular complexity index is 2680. The smallest absolute Gasteiger partial charge is 0.270 e. The number of carbonyl (C=O) groups excluding carboxylic acids is 3. The molecule has 1 aromatic heterocycles. The van der Waals surface area contributed by atoms with E-state index in [1.165, 1.54) is 17.5 Å². The number of benzene rings is 4. The number of anilines is 1. The second-order valence-electron chi connectivity index (χ2n) is 18.4. The molecule has 8 rings (SSSR count). The van der Waals surface area contributed by atoms with Gasteiger partial charge in [0.15, 0.2) is 5.78 Å². The molecule has 71 heavy (non-hydrogen) atoms. The number of carbonyl (C=O) groups is 3. The summed E-state index contributed by atoms with van der Waals surface area (Å²) in [6.07, 6.45) is 9.57. The highest BCUT2D eigenvalue weighted by Crippen LogP contribution is 2.29. The lowest BCUT2D eigenvalue weighted by atomic mass is 9.93. The highest BCUT2D eigenvalue weighted by molar-refractivity contribution is 6.42. The molecule has 2 amide bonds. The molecule has 5 aromatic rings. The van der Waals surface area contributed by atoms with E-state index in [9.17, 15) is 19.5 Å². The van der Waals surface area contributed by atoms with Crippen LogP contribution in [0.2, 0.25) is 20.1 Å². The number of amides is 2. The summed E-state index contributed by atoms with van der Waals surface area (Å²) in [5.74, 6) is 0.541. The predicted octanol–water partition coefficient (Wildman–Crippen LogP) is 8.42. The Labute approximate surface area is 435 Å². The standard InChI is InChI=1S/C54H58Cl4N8O5/c55-45-15-11-36(23-47(45)57)21-40-29-66(30-41(52(40)68)22-37-12-16-46(56)48(58)24-37)54(70)49(59)25-35-9-13-44(14-10-35)71-20-6-2-1-5-18-64-31-42(32-64)63-51-26-50(61-34-62-51)53(69)60-27-43(67)33-65-19-17-38-7-3-4-8-39(38)28-65/h3-4,7-16,21-24,26,34,42-43,49,67H,1-2,5-6,17-20,25,27-33,59H2,(H,60,69)(H,61,62,63)/b40-21+,41-22+/t43-,49?/m0/s1. The van der Waals surface area contributed by atoms with Crippen molar-refractivity contribution in [3.8, 4) is 5.75 Å². The maximum Gasteiger partial charge on any atom is 0.270 e. The van der Waals surface area contributed by atoms with Gasteiger partial charge in [-0.2, -0.15) is 0 Å². The average Bonchev–Trinajstić information content (AvgIpc) is 3.35. The summed E-state index contributed by atoms with van der Waals surface area (Å²) in [5.41, 5.74) is 12.5. The van der Waals surface area contributed by atoms with Crippen LogP contribution in [-0.4, -0.2) is 125 Å². The Kier molecular flexibility index (Phi) is 18.2. The molecule has 0 radical (unpaired) electrons. The van der Waals surface area contributed by atoms with Crippen molar-refractivity contribution in [2.75, 3.05) is 64.3 Å². The number of piperidine rings is 1. The number of β-amino-alcohol motifs (C(OH)–C–C–N with tert-alkyl or cyclic N) is 1. The van der Waals surface area contributed by atoms with Crippen molar-refractivity contribution in [2.45, 2.75) is 63.3 Å². The lowest BCUT2D eigenvalue weighted by Gasteiger charge is -2.39. The normalized spacial score (nSPS) is 17.4. The average molecular weight is 1040 g/mol. The van der Waals surface area contributed by atoms with Gasteiger partial charge in [-0.3, -0.25) is 24.2 Å². The monoisotopic (exact) mass is 1040 g/mol. The Morgan fingerprint density at radius 1 is 0.789 bits per heavy atom. The Morgan fingerprint density at radius 2 is 1.45 bits per heavy atom. The van der Waals surface area contributed by atoms with Crippen LogP contribution in [0.5, 0.6) is 5.75 Å².